The largest absolute Gasteiger partial charge is 0.493 e. The lowest BCUT2D eigenvalue weighted by Crippen LogP contribution is -2.54. The lowest BCUT2D eigenvalue weighted by molar-refractivity contribution is -0.238. The molecule has 10 rings (SSSR count). The highest BCUT2D eigenvalue weighted by Crippen LogP contribution is 2.46. The quantitative estimate of drug-likeness (QED) is 0.0114. The Kier molecular flexibility index (Phi) is 41.5. The molecule has 0 bridgehead atoms. The van der Waals surface area contributed by atoms with Gasteiger partial charge in [-0.1, -0.05) is 36.4 Å². The molecule has 6 aliphatic heterocycles. The number of carboxylic acid groups (broad SMARTS) is 2. The molecular weight excluding hydrogens is 1920 g/mol. The molecule has 0 spiro atoms. The number of hydrogen-bond acceptors (Lipinski definition) is 33. The Labute approximate surface area is 855 Å². The Morgan fingerprint density at radius 3 is 1.53 bits per heavy atom. The number of carboxylic acids is 2. The van der Waals surface area contributed by atoms with Crippen LogP contribution >= 0.6 is 0 Å². The zero-order chi connectivity index (χ0) is 108. The van der Waals surface area contributed by atoms with E-state index in [1.54, 1.807) is 21.0 Å². The fourth-order valence-corrected chi connectivity index (χ4v) is 17.2. The van der Waals surface area contributed by atoms with E-state index >= 15 is 0 Å². The van der Waals surface area contributed by atoms with E-state index in [9.17, 15) is 88.5 Å². The zero-order valence-electron chi connectivity index (χ0n) is 86.8. The predicted octanol–water partition coefficient (Wildman–Crippen LogP) is 7.70. The number of carbonyl (C=O) groups is 11. The molecule has 4 aromatic carbocycles. The number of nitrogens with zero attached hydrogens (tertiary/aromatic N) is 4. The van der Waals surface area contributed by atoms with E-state index in [0.29, 0.717) is 69.1 Å². The Morgan fingerprint density at radius 2 is 1.01 bits per heavy atom. The number of fused-ring (bicyclic) bond motifs is 4. The van der Waals surface area contributed by atoms with Crippen molar-refractivity contribution in [2.24, 2.45) is 5.73 Å². The SMILES string of the molecule is C=C1C[C@H]2C(O)N(C(=O)OCc3ccc(O[C@H]4C[C@@H](O)C[C@@H](C(=O)O)O4)c(C(=O)NCCC(C)(C)OCCC(C)(C)OCC(=O)NCCCC[C@H](NC(=O)CC(C)(C)OCCC(C)(C)OC)C(=O)NC(C)(C)CCOC(C)(C)N)c3)c3cc(OCCCCCOc4cc5c(cc4OC)C(=O)N4CC(=C)C[C@H]4C(O)N5C(=O)OCc4ccc(O[C@@H]5O[C@H](C(=O)O)C[C@H](O)[C@H]5O)c(C(=O)NCCOC)c4)c(OC)cc3C(=O)N2C1. The summed E-state index contributed by atoms with van der Waals surface area (Å²) in [5.41, 5.74) is 2.49. The number of hydrogen-bond donors (Lipinski definition) is 13. The minimum atomic E-state index is -1.73. The molecule has 9 amide bonds. The molecule has 12 atom stereocenters. The molecule has 14 N–H and O–H groups in total. The summed E-state index contributed by atoms with van der Waals surface area (Å²) >= 11 is 0. The van der Waals surface area contributed by atoms with Crippen LogP contribution in [0, 0.1) is 0 Å². The van der Waals surface area contributed by atoms with Gasteiger partial charge in [-0.3, -0.25) is 33.6 Å². The number of amides is 9. The summed E-state index contributed by atoms with van der Waals surface area (Å²) in [5, 5.41) is 90.5. The van der Waals surface area contributed by atoms with Gasteiger partial charge in [-0.25, -0.2) is 29.0 Å². The number of ether oxygens (including phenoxy) is 16. The molecule has 44 heteroatoms. The van der Waals surface area contributed by atoms with Crippen LogP contribution in [0.4, 0.5) is 21.0 Å². The third-order valence-corrected chi connectivity index (χ3v) is 25.9. The molecule has 0 saturated carbocycles. The Hall–Kier alpha value is -11.6. The van der Waals surface area contributed by atoms with Gasteiger partial charge in [0.25, 0.3) is 23.6 Å². The van der Waals surface area contributed by atoms with Crippen LogP contribution in [-0.2, 0) is 84.6 Å². The summed E-state index contributed by atoms with van der Waals surface area (Å²) in [5.74, 6) is -6.39. The van der Waals surface area contributed by atoms with E-state index in [0.717, 1.165) is 9.80 Å². The van der Waals surface area contributed by atoms with Crippen molar-refractivity contribution in [3.8, 4) is 34.5 Å². The topological polar surface area (TPSA) is 576 Å². The van der Waals surface area contributed by atoms with Gasteiger partial charge in [-0.15, -0.1) is 0 Å². The Balaban J connectivity index is 0.749. The second-order valence-electron chi connectivity index (χ2n) is 41.1. The molecule has 4 fully saturated rings. The van der Waals surface area contributed by atoms with Gasteiger partial charge >= 0.3 is 24.1 Å². The molecule has 2 unspecified atom stereocenters. The minimum Gasteiger partial charge on any atom is -0.493 e. The monoisotopic (exact) mass is 2070 g/mol. The van der Waals surface area contributed by atoms with Crippen LogP contribution in [0.2, 0.25) is 0 Å². The van der Waals surface area contributed by atoms with Crippen molar-refractivity contribution in [1.29, 1.82) is 0 Å². The molecule has 4 aromatic rings. The van der Waals surface area contributed by atoms with Gasteiger partial charge in [0.1, 0.15) is 49.2 Å². The van der Waals surface area contributed by atoms with Crippen LogP contribution in [0.1, 0.15) is 238 Å². The number of methoxy groups -OCH3 is 4. The number of nitrogens with one attached hydrogen (secondary N) is 5. The third-order valence-electron chi connectivity index (χ3n) is 25.9. The number of aliphatic carboxylic acids is 2. The fourth-order valence-electron chi connectivity index (χ4n) is 17.2. The van der Waals surface area contributed by atoms with E-state index in [2.05, 4.69) is 39.7 Å². The smallest absolute Gasteiger partial charge is 0.416 e. The first-order chi connectivity index (χ1) is 69.2. The maximum Gasteiger partial charge on any atom is 0.416 e. The summed E-state index contributed by atoms with van der Waals surface area (Å²) < 4.78 is 94.0. The van der Waals surface area contributed by atoms with E-state index < -0.39 is 175 Å². The average Bonchev–Trinajstić information content (AvgIpc) is 1.62. The highest BCUT2D eigenvalue weighted by atomic mass is 16.7. The van der Waals surface area contributed by atoms with Crippen LogP contribution in [0.3, 0.4) is 0 Å². The van der Waals surface area contributed by atoms with Crippen molar-refractivity contribution in [3.05, 3.63) is 118 Å². The van der Waals surface area contributed by atoms with E-state index in [-0.39, 0.29) is 214 Å². The Morgan fingerprint density at radius 1 is 0.510 bits per heavy atom. The summed E-state index contributed by atoms with van der Waals surface area (Å²) in [7, 11) is 5.76. The van der Waals surface area contributed by atoms with Gasteiger partial charge in [0, 0.05) is 83.9 Å². The number of unbranched alkanes of at least 4 members (excludes halogenated alkanes) is 3. The molecule has 0 aliphatic carbocycles. The first-order valence-electron chi connectivity index (χ1n) is 49.4. The number of nitrogens with two attached hydrogens (primary N) is 1. The molecule has 0 aromatic heterocycles. The van der Waals surface area contributed by atoms with E-state index in [1.807, 2.05) is 69.2 Å². The fraction of sp³-hybridized carbons (Fsp3) is 0.621. The maximum atomic E-state index is 14.9. The number of carbonyl (C=O) groups excluding carboxylic acids is 9. The van der Waals surface area contributed by atoms with E-state index in [4.69, 9.17) is 81.5 Å². The maximum absolute atomic E-state index is 14.9. The standard InChI is InChI=1S/C103H148N10O34/c1-59-42-71-91(124)112(69-50-78(76(133-16)48-64(69)89(122)110(71)54-59)136-36-22-19-23-37-137-79-51-70-65(49-77(79)134-17)90(123)111-55-60(2)43-72(111)92(125)113(70)97(131)139-57-62-26-28-75(67(45-62)87(120)107-35-41-132-15)146-95-85(118)73(115)52-81(147-95)94(128)129)96(130)138-56-61-25-27-74(144-84-47-63(114)46-80(145-84)93(126)127)66(44-61)86(119)106-34-29-100(7,8)140-40-32-101(9,10)143-58-83(117)105-33-21-20-24-68(88(121)109-98(3,4)30-38-142-103(13,14)104)108-82(116)53-102(11,12)141-39-31-99(5,6)135-18/h25-28,44-45,48-51,63,68,71-73,80-81,84-85,91-92,95,114-115,118,124-125H,1-2,19-24,29-43,46-47,52-58,104H2,3-18H3,(H,105,117)(H,106,119)(H,107,120)(H,108,116)(H,109,121)(H,126,127)(H,128,129)/t63-,68-,71-,72-,73-,80-,81-,84+,85+,91?,92?,95+/m0/s1. The van der Waals surface area contributed by atoms with Crippen LogP contribution in [0.25, 0.3) is 0 Å². The number of aliphatic hydroxyl groups is 5. The lowest BCUT2D eigenvalue weighted by atomic mass is 9.99. The second-order valence-corrected chi connectivity index (χ2v) is 41.1. The summed E-state index contributed by atoms with van der Waals surface area (Å²) in [6.07, 6.45) is -12.7. The van der Waals surface area contributed by atoms with Crippen molar-refractivity contribution in [1.82, 2.24) is 36.4 Å². The van der Waals surface area contributed by atoms with Gasteiger partial charge in [0.05, 0.1) is 141 Å². The van der Waals surface area contributed by atoms with Crippen molar-refractivity contribution >= 4 is 76.9 Å². The molecule has 147 heavy (non-hydrogen) atoms. The van der Waals surface area contributed by atoms with Gasteiger partial charge in [0.2, 0.25) is 30.3 Å². The van der Waals surface area contributed by atoms with Crippen molar-refractivity contribution < 1.29 is 164 Å². The van der Waals surface area contributed by atoms with Gasteiger partial charge < -0.3 is 154 Å². The highest BCUT2D eigenvalue weighted by Gasteiger charge is 2.50. The molecule has 6 aliphatic rings. The minimum absolute atomic E-state index is 0.0103. The zero-order valence-corrected chi connectivity index (χ0v) is 86.8. The van der Waals surface area contributed by atoms with Gasteiger partial charge in [-0.05, 0) is 208 Å². The number of anilines is 2. The van der Waals surface area contributed by atoms with Crippen molar-refractivity contribution in [3.63, 3.8) is 0 Å². The van der Waals surface area contributed by atoms with Gasteiger partial charge in [0.15, 0.2) is 47.7 Å². The molecule has 0 radical (unpaired) electrons. The van der Waals surface area contributed by atoms with Crippen molar-refractivity contribution in [2.75, 3.05) is 117 Å². The molecule has 814 valence electrons. The van der Waals surface area contributed by atoms with Gasteiger partial charge in [-0.2, -0.15) is 0 Å². The first-order valence-corrected chi connectivity index (χ1v) is 49.4. The highest BCUT2D eigenvalue weighted by molar-refractivity contribution is 6.08. The normalized spacial score (nSPS) is 20.9. The molecule has 44 nitrogen and oxygen atoms in total. The summed E-state index contributed by atoms with van der Waals surface area (Å²) in [6, 6.07) is 10.9. The Bertz CT molecular complexity index is 5290. The summed E-state index contributed by atoms with van der Waals surface area (Å²) in [4.78, 5) is 156. The number of aliphatic hydroxyl groups excluding tert-OH is 5. The van der Waals surface area contributed by atoms with Crippen LogP contribution in [0.5, 0.6) is 34.5 Å². The lowest BCUT2D eigenvalue weighted by Gasteiger charge is -2.35. The molecule has 6 heterocycles. The number of benzene rings is 4. The van der Waals surface area contributed by atoms with Crippen LogP contribution < -0.4 is 70.5 Å². The van der Waals surface area contributed by atoms with Crippen LogP contribution in [-0.4, -0.2) is 326 Å². The summed E-state index contributed by atoms with van der Waals surface area (Å²) in [6.45, 7) is 30.2. The molecule has 4 saturated heterocycles. The van der Waals surface area contributed by atoms with E-state index in [1.165, 1.54) is 91.8 Å². The predicted molar refractivity (Wildman–Crippen MR) is 530 cm³/mol. The first kappa shape index (κ1) is 117. The third kappa shape index (κ3) is 33.4. The van der Waals surface area contributed by atoms with Crippen molar-refractivity contribution in [2.45, 2.75) is 306 Å². The average molecular weight is 2070 g/mol. The second kappa shape index (κ2) is 52.0. The number of rotatable bonds is 54. The molecular formula is C103H148N10O34. The van der Waals surface area contributed by atoms with Crippen LogP contribution in [0.15, 0.2) is 85.0 Å².